The van der Waals surface area contributed by atoms with Crippen molar-refractivity contribution in [2.24, 2.45) is 21.6 Å². The average Bonchev–Trinajstić information content (AvgIpc) is 3.32. The van der Waals surface area contributed by atoms with Crippen molar-refractivity contribution in [2.45, 2.75) is 71.1 Å². The lowest BCUT2D eigenvalue weighted by Crippen LogP contribution is -2.44. The van der Waals surface area contributed by atoms with Gasteiger partial charge in [0.25, 0.3) is 5.91 Å². The standard InChI is InChI=1S/C24H32N4O2/c1-5-7-13-29-24(30-14-8-6-2)23(16-26)20(22(23,15-25)21(27)28-24)19-11-9-18(10-12-19)17(3)4/h9-12,17,20H,5-8,13-14H2,1-4H3,(H2,27,28). The van der Waals surface area contributed by atoms with E-state index in [0.717, 1.165) is 31.2 Å². The Morgan fingerprint density at radius 2 is 1.60 bits per heavy atom. The van der Waals surface area contributed by atoms with Crippen LogP contribution in [0.5, 0.6) is 0 Å². The van der Waals surface area contributed by atoms with Crippen LogP contribution in [0.4, 0.5) is 0 Å². The van der Waals surface area contributed by atoms with Crippen LogP contribution in [0.15, 0.2) is 29.3 Å². The highest BCUT2D eigenvalue weighted by Crippen LogP contribution is 2.82. The number of nitrogens with two attached hydrogens (primary N) is 1. The van der Waals surface area contributed by atoms with Crippen LogP contribution in [0.3, 0.4) is 0 Å². The molecule has 3 atom stereocenters. The molecule has 6 heteroatoms. The second kappa shape index (κ2) is 8.38. The molecule has 3 rings (SSSR count). The fourth-order valence-corrected chi connectivity index (χ4v) is 4.64. The van der Waals surface area contributed by atoms with E-state index < -0.39 is 22.7 Å². The van der Waals surface area contributed by atoms with Crippen LogP contribution >= 0.6 is 0 Å². The van der Waals surface area contributed by atoms with E-state index >= 15 is 0 Å². The summed E-state index contributed by atoms with van der Waals surface area (Å²) in [6.07, 6.45) is 3.49. The molecule has 0 saturated heterocycles. The third-order valence-electron chi connectivity index (χ3n) is 6.46. The molecule has 30 heavy (non-hydrogen) atoms. The number of amidine groups is 1. The summed E-state index contributed by atoms with van der Waals surface area (Å²) in [5.41, 5.74) is 5.90. The zero-order valence-corrected chi connectivity index (χ0v) is 18.4. The molecule has 0 radical (unpaired) electrons. The van der Waals surface area contributed by atoms with E-state index in [1.54, 1.807) is 0 Å². The van der Waals surface area contributed by atoms with Crippen molar-refractivity contribution in [1.82, 2.24) is 0 Å². The maximum absolute atomic E-state index is 10.4. The second-order valence-electron chi connectivity index (χ2n) is 8.58. The number of fused-ring (bicyclic) bond motifs is 1. The van der Waals surface area contributed by atoms with Crippen molar-refractivity contribution in [3.63, 3.8) is 0 Å². The first kappa shape index (κ1) is 22.3. The Balaban J connectivity index is 2.07. The third kappa shape index (κ3) is 2.94. The predicted octanol–water partition coefficient (Wildman–Crippen LogP) is 4.59. The van der Waals surface area contributed by atoms with Gasteiger partial charge in [0.05, 0.1) is 25.4 Å². The minimum Gasteiger partial charge on any atom is -0.386 e. The molecule has 0 amide bonds. The number of nitrogens with zero attached hydrogens (tertiary/aromatic N) is 3. The van der Waals surface area contributed by atoms with Crippen molar-refractivity contribution >= 4 is 5.84 Å². The predicted molar refractivity (Wildman–Crippen MR) is 115 cm³/mol. The molecule has 1 aromatic carbocycles. The lowest BCUT2D eigenvalue weighted by atomic mass is 9.93. The Morgan fingerprint density at radius 1 is 1.03 bits per heavy atom. The van der Waals surface area contributed by atoms with Gasteiger partial charge in [0.2, 0.25) is 0 Å². The molecule has 1 heterocycles. The van der Waals surface area contributed by atoms with Crippen molar-refractivity contribution in [3.8, 4) is 12.1 Å². The highest BCUT2D eigenvalue weighted by atomic mass is 16.7. The summed E-state index contributed by atoms with van der Waals surface area (Å²) in [4.78, 5) is 4.51. The molecule has 1 aromatic rings. The quantitative estimate of drug-likeness (QED) is 0.450. The SMILES string of the molecule is CCCCOC1(OCCCC)N=C(N)C2(C#N)C(c3ccc(C(C)C)cc3)C12C#N. The fourth-order valence-electron chi connectivity index (χ4n) is 4.64. The van der Waals surface area contributed by atoms with Gasteiger partial charge in [0.1, 0.15) is 11.3 Å². The lowest BCUT2D eigenvalue weighted by molar-refractivity contribution is -0.260. The van der Waals surface area contributed by atoms with Crippen LogP contribution in [-0.2, 0) is 9.47 Å². The van der Waals surface area contributed by atoms with Gasteiger partial charge in [-0.15, -0.1) is 0 Å². The minimum absolute atomic E-state index is 0.137. The van der Waals surface area contributed by atoms with E-state index in [1.807, 2.05) is 12.1 Å². The van der Waals surface area contributed by atoms with Gasteiger partial charge in [-0.05, 0) is 29.9 Å². The Bertz CT molecular complexity index is 870. The van der Waals surface area contributed by atoms with Gasteiger partial charge in [0, 0.05) is 5.92 Å². The number of hydrogen-bond donors (Lipinski definition) is 1. The Labute approximate surface area is 179 Å². The average molecular weight is 409 g/mol. The van der Waals surface area contributed by atoms with E-state index in [9.17, 15) is 10.5 Å². The fraction of sp³-hybridized carbons (Fsp3) is 0.625. The first-order chi connectivity index (χ1) is 14.4. The monoisotopic (exact) mass is 408 g/mol. The molecule has 2 aliphatic rings. The molecule has 2 N–H and O–H groups in total. The minimum atomic E-state index is -1.55. The topological polar surface area (TPSA) is 104 Å². The number of aliphatic imine (C=N–C) groups is 1. The zero-order valence-electron chi connectivity index (χ0n) is 18.4. The van der Waals surface area contributed by atoms with Crippen LogP contribution in [0.2, 0.25) is 0 Å². The van der Waals surface area contributed by atoms with Crippen molar-refractivity contribution in [3.05, 3.63) is 35.4 Å². The summed E-state index contributed by atoms with van der Waals surface area (Å²) in [5, 5.41) is 20.6. The smallest absolute Gasteiger partial charge is 0.293 e. The van der Waals surface area contributed by atoms with Crippen LogP contribution in [0.1, 0.15) is 76.3 Å². The highest BCUT2D eigenvalue weighted by molar-refractivity contribution is 6.00. The zero-order chi connectivity index (χ0) is 22.0. The number of nitriles is 2. The Kier molecular flexibility index (Phi) is 6.22. The second-order valence-corrected chi connectivity index (χ2v) is 8.58. The molecule has 0 bridgehead atoms. The van der Waals surface area contributed by atoms with Crippen molar-refractivity contribution < 1.29 is 9.47 Å². The molecular weight excluding hydrogens is 376 g/mol. The third-order valence-corrected chi connectivity index (χ3v) is 6.46. The summed E-state index contributed by atoms with van der Waals surface area (Å²) >= 11 is 0. The van der Waals surface area contributed by atoms with E-state index in [1.165, 1.54) is 5.56 Å². The maximum Gasteiger partial charge on any atom is 0.293 e. The molecule has 6 nitrogen and oxygen atoms in total. The van der Waals surface area contributed by atoms with Gasteiger partial charge in [-0.3, -0.25) is 0 Å². The Hall–Kier alpha value is -2.41. The summed E-state index contributed by atoms with van der Waals surface area (Å²) in [6, 6.07) is 12.8. The summed E-state index contributed by atoms with van der Waals surface area (Å²) in [5.74, 6) is -1.46. The largest absolute Gasteiger partial charge is 0.386 e. The molecule has 0 aromatic heterocycles. The summed E-state index contributed by atoms with van der Waals surface area (Å²) in [6.45, 7) is 9.18. The van der Waals surface area contributed by atoms with E-state index in [4.69, 9.17) is 15.2 Å². The van der Waals surface area contributed by atoms with Crippen LogP contribution in [-0.4, -0.2) is 25.0 Å². The van der Waals surface area contributed by atoms with Gasteiger partial charge in [-0.2, -0.15) is 10.5 Å². The van der Waals surface area contributed by atoms with E-state index in [2.05, 4.69) is 57.0 Å². The van der Waals surface area contributed by atoms with Gasteiger partial charge in [-0.1, -0.05) is 64.8 Å². The van der Waals surface area contributed by atoms with Crippen LogP contribution in [0, 0.1) is 33.5 Å². The lowest BCUT2D eigenvalue weighted by Gasteiger charge is -2.32. The number of benzene rings is 1. The van der Waals surface area contributed by atoms with Gasteiger partial charge < -0.3 is 15.2 Å². The van der Waals surface area contributed by atoms with E-state index in [-0.39, 0.29) is 5.84 Å². The maximum atomic E-state index is 10.4. The molecule has 0 spiro atoms. The molecule has 3 unspecified atom stereocenters. The summed E-state index contributed by atoms with van der Waals surface area (Å²) in [7, 11) is 0. The molecule has 1 fully saturated rings. The number of unbranched alkanes of at least 4 members (excludes halogenated alkanes) is 2. The summed E-state index contributed by atoms with van der Waals surface area (Å²) < 4.78 is 12.3. The van der Waals surface area contributed by atoms with Crippen molar-refractivity contribution in [2.75, 3.05) is 13.2 Å². The van der Waals surface area contributed by atoms with E-state index in [0.29, 0.717) is 19.1 Å². The van der Waals surface area contributed by atoms with Crippen LogP contribution < -0.4 is 5.73 Å². The van der Waals surface area contributed by atoms with Crippen molar-refractivity contribution in [1.29, 1.82) is 10.5 Å². The van der Waals surface area contributed by atoms with Gasteiger partial charge in [-0.25, -0.2) is 4.99 Å². The molecular formula is C24H32N4O2. The van der Waals surface area contributed by atoms with Gasteiger partial charge >= 0.3 is 0 Å². The highest BCUT2D eigenvalue weighted by Gasteiger charge is 2.93. The molecule has 1 saturated carbocycles. The number of ether oxygens (including phenoxy) is 2. The first-order valence-corrected chi connectivity index (χ1v) is 11.0. The number of hydrogen-bond acceptors (Lipinski definition) is 6. The molecule has 1 aliphatic heterocycles. The Morgan fingerprint density at radius 3 is 2.03 bits per heavy atom. The van der Waals surface area contributed by atoms with Crippen LogP contribution in [0.25, 0.3) is 0 Å². The normalized spacial score (nSPS) is 28.5. The molecule has 160 valence electrons. The van der Waals surface area contributed by atoms with Gasteiger partial charge in [0.15, 0.2) is 5.41 Å². The molecule has 1 aliphatic carbocycles. The number of rotatable bonds is 10. The first-order valence-electron chi connectivity index (χ1n) is 11.0.